The Morgan fingerprint density at radius 3 is 2.78 bits per heavy atom. The third-order valence-electron chi connectivity index (χ3n) is 4.51. The van der Waals surface area contributed by atoms with Crippen LogP contribution in [-0.4, -0.2) is 16.8 Å². The van der Waals surface area contributed by atoms with Gasteiger partial charge in [0.05, 0.1) is 23.8 Å². The van der Waals surface area contributed by atoms with Gasteiger partial charge in [0.25, 0.3) is 0 Å². The first-order valence-electron chi connectivity index (χ1n) is 8.67. The topological polar surface area (TPSA) is 97.0 Å². The van der Waals surface area contributed by atoms with E-state index in [2.05, 4.69) is 16.3 Å². The van der Waals surface area contributed by atoms with E-state index in [1.807, 2.05) is 61.5 Å². The second-order valence-corrected chi connectivity index (χ2v) is 6.11. The highest BCUT2D eigenvalue weighted by Gasteiger charge is 2.35. The van der Waals surface area contributed by atoms with Gasteiger partial charge in [0.1, 0.15) is 17.4 Å². The van der Waals surface area contributed by atoms with Crippen LogP contribution >= 0.6 is 0 Å². The van der Waals surface area contributed by atoms with Crippen LogP contribution in [0.15, 0.2) is 66.1 Å². The predicted octanol–water partition coefficient (Wildman–Crippen LogP) is 3.69. The van der Waals surface area contributed by atoms with E-state index in [0.717, 1.165) is 28.1 Å². The van der Waals surface area contributed by atoms with Gasteiger partial charge in [-0.1, -0.05) is 42.5 Å². The summed E-state index contributed by atoms with van der Waals surface area (Å²) in [5.74, 6) is 0.878. The maximum absolute atomic E-state index is 9.71. The number of benzene rings is 2. The van der Waals surface area contributed by atoms with Crippen LogP contribution in [0.25, 0.3) is 11.3 Å². The fourth-order valence-electron chi connectivity index (χ4n) is 3.35. The highest BCUT2D eigenvalue weighted by Crippen LogP contribution is 2.45. The van der Waals surface area contributed by atoms with E-state index in [-0.39, 0.29) is 11.8 Å². The average Bonchev–Trinajstić information content (AvgIpc) is 3.11. The molecular weight excluding hydrogens is 340 g/mol. The molecule has 2 heterocycles. The van der Waals surface area contributed by atoms with Gasteiger partial charge in [0, 0.05) is 5.56 Å². The Bertz CT molecular complexity index is 1050. The number of aromatic nitrogens is 2. The molecule has 3 aromatic rings. The first-order valence-corrected chi connectivity index (χ1v) is 8.67. The normalized spacial score (nSPS) is 15.6. The molecule has 6 heteroatoms. The molecule has 1 aliphatic heterocycles. The van der Waals surface area contributed by atoms with Crippen LogP contribution in [0.2, 0.25) is 0 Å². The van der Waals surface area contributed by atoms with Crippen molar-refractivity contribution in [1.29, 1.82) is 5.26 Å². The summed E-state index contributed by atoms with van der Waals surface area (Å²) in [7, 11) is 0. The fraction of sp³-hybridized carbons (Fsp3) is 0.143. The van der Waals surface area contributed by atoms with Crippen LogP contribution in [0, 0.1) is 11.3 Å². The summed E-state index contributed by atoms with van der Waals surface area (Å²) in [4.78, 5) is 0. The van der Waals surface area contributed by atoms with Crippen molar-refractivity contribution in [3.63, 3.8) is 0 Å². The van der Waals surface area contributed by atoms with E-state index in [0.29, 0.717) is 18.1 Å². The number of H-pyrrole nitrogens is 1. The Balaban J connectivity index is 1.90. The minimum atomic E-state index is -0.357. The predicted molar refractivity (Wildman–Crippen MR) is 101 cm³/mol. The Hall–Kier alpha value is -3.72. The van der Waals surface area contributed by atoms with Crippen LogP contribution < -0.4 is 15.2 Å². The Morgan fingerprint density at radius 2 is 2.04 bits per heavy atom. The zero-order valence-corrected chi connectivity index (χ0v) is 14.8. The molecule has 0 saturated heterocycles. The number of nitrogens with zero attached hydrogens (tertiary/aromatic N) is 2. The van der Waals surface area contributed by atoms with Crippen LogP contribution in [0.5, 0.6) is 11.6 Å². The molecule has 0 radical (unpaired) electrons. The van der Waals surface area contributed by atoms with E-state index < -0.39 is 0 Å². The summed E-state index contributed by atoms with van der Waals surface area (Å²) in [5.41, 5.74) is 9.80. The molecule has 27 heavy (non-hydrogen) atoms. The molecule has 6 nitrogen and oxygen atoms in total. The number of nitriles is 1. The van der Waals surface area contributed by atoms with E-state index in [4.69, 9.17) is 15.2 Å². The summed E-state index contributed by atoms with van der Waals surface area (Å²) < 4.78 is 11.2. The van der Waals surface area contributed by atoms with E-state index >= 15 is 0 Å². The van der Waals surface area contributed by atoms with Gasteiger partial charge in [-0.25, -0.2) is 0 Å². The first-order chi connectivity index (χ1) is 13.2. The summed E-state index contributed by atoms with van der Waals surface area (Å²) in [6.45, 7) is 2.52. The van der Waals surface area contributed by atoms with Gasteiger partial charge < -0.3 is 15.2 Å². The highest BCUT2D eigenvalue weighted by atomic mass is 16.5. The number of hydrogen-bond donors (Lipinski definition) is 2. The number of ether oxygens (including phenoxy) is 2. The molecule has 0 amide bonds. The Labute approximate surface area is 156 Å². The molecule has 0 aliphatic carbocycles. The van der Waals surface area contributed by atoms with Crippen molar-refractivity contribution in [3.8, 4) is 29.0 Å². The molecule has 0 saturated carbocycles. The van der Waals surface area contributed by atoms with Gasteiger partial charge in [-0.15, -0.1) is 5.10 Å². The minimum Gasteiger partial charge on any atom is -0.494 e. The molecule has 1 aliphatic rings. The van der Waals surface area contributed by atoms with Gasteiger partial charge in [-0.05, 0) is 24.6 Å². The standard InChI is InChI=1S/C21H18N4O2/c1-2-26-15-10-6-9-14(11-15)19-18-17(13-7-4-3-5-8-13)16(12-22)20(23)27-21(18)25-24-19/h3-11,17H,2,23H2,1H3,(H,24,25). The van der Waals surface area contributed by atoms with Crippen LogP contribution in [-0.2, 0) is 0 Å². The molecule has 0 spiro atoms. The van der Waals surface area contributed by atoms with Crippen molar-refractivity contribution in [1.82, 2.24) is 10.2 Å². The van der Waals surface area contributed by atoms with E-state index in [9.17, 15) is 5.26 Å². The molecule has 3 N–H and O–H groups in total. The lowest BCUT2D eigenvalue weighted by molar-refractivity contribution is 0.340. The molecule has 134 valence electrons. The summed E-state index contributed by atoms with van der Waals surface area (Å²) in [6, 6.07) is 19.7. The van der Waals surface area contributed by atoms with E-state index in [1.54, 1.807) is 0 Å². The summed E-state index contributed by atoms with van der Waals surface area (Å²) >= 11 is 0. The van der Waals surface area contributed by atoms with Gasteiger partial charge in [-0.2, -0.15) is 5.26 Å². The third kappa shape index (κ3) is 2.89. The molecule has 1 aromatic heterocycles. The fourth-order valence-corrected chi connectivity index (χ4v) is 3.35. The summed E-state index contributed by atoms with van der Waals surface area (Å²) in [5, 5.41) is 17.0. The van der Waals surface area contributed by atoms with Gasteiger partial charge in [0.2, 0.25) is 11.8 Å². The van der Waals surface area contributed by atoms with Crippen molar-refractivity contribution in [2.45, 2.75) is 12.8 Å². The van der Waals surface area contributed by atoms with Gasteiger partial charge in [-0.3, -0.25) is 5.10 Å². The van der Waals surface area contributed by atoms with Crippen LogP contribution in [0.1, 0.15) is 24.0 Å². The molecular formula is C21H18N4O2. The largest absolute Gasteiger partial charge is 0.494 e. The maximum Gasteiger partial charge on any atom is 0.244 e. The number of rotatable bonds is 4. The molecule has 1 atom stereocenters. The van der Waals surface area contributed by atoms with Crippen molar-refractivity contribution >= 4 is 0 Å². The number of hydrogen-bond acceptors (Lipinski definition) is 5. The van der Waals surface area contributed by atoms with Crippen LogP contribution in [0.3, 0.4) is 0 Å². The SMILES string of the molecule is CCOc1cccc(-c2[nH]nc3c2C(c2ccccc2)C(C#N)=C(N)O3)c1. The lowest BCUT2D eigenvalue weighted by atomic mass is 9.83. The number of nitrogens with one attached hydrogen (secondary N) is 1. The van der Waals surface area contributed by atoms with Crippen molar-refractivity contribution in [2.24, 2.45) is 5.73 Å². The second kappa shape index (κ2) is 6.89. The van der Waals surface area contributed by atoms with Crippen molar-refractivity contribution in [2.75, 3.05) is 6.61 Å². The lowest BCUT2D eigenvalue weighted by Gasteiger charge is -2.24. The third-order valence-corrected chi connectivity index (χ3v) is 4.51. The molecule has 2 aromatic carbocycles. The minimum absolute atomic E-state index is 0.0833. The zero-order valence-electron chi connectivity index (χ0n) is 14.8. The number of nitrogens with two attached hydrogens (primary N) is 1. The quantitative estimate of drug-likeness (QED) is 0.741. The zero-order chi connectivity index (χ0) is 18.8. The van der Waals surface area contributed by atoms with Crippen LogP contribution in [0.4, 0.5) is 0 Å². The molecule has 0 bridgehead atoms. The van der Waals surface area contributed by atoms with Gasteiger partial charge >= 0.3 is 0 Å². The van der Waals surface area contributed by atoms with Crippen molar-refractivity contribution in [3.05, 3.63) is 77.2 Å². The second-order valence-electron chi connectivity index (χ2n) is 6.11. The van der Waals surface area contributed by atoms with Crippen molar-refractivity contribution < 1.29 is 9.47 Å². The molecule has 0 fully saturated rings. The van der Waals surface area contributed by atoms with Gasteiger partial charge in [0.15, 0.2) is 0 Å². The number of fused-ring (bicyclic) bond motifs is 1. The summed E-state index contributed by atoms with van der Waals surface area (Å²) in [6.07, 6.45) is 0. The smallest absolute Gasteiger partial charge is 0.244 e. The van der Waals surface area contributed by atoms with E-state index in [1.165, 1.54) is 0 Å². The molecule has 1 unspecified atom stereocenters. The Kier molecular flexibility index (Phi) is 4.27. The average molecular weight is 358 g/mol. The Morgan fingerprint density at radius 1 is 1.22 bits per heavy atom. The maximum atomic E-state index is 9.71. The number of aromatic amines is 1. The monoisotopic (exact) mass is 358 g/mol. The number of allylic oxidation sites excluding steroid dienone is 1. The molecule has 4 rings (SSSR count). The lowest BCUT2D eigenvalue weighted by Crippen LogP contribution is -2.20. The highest BCUT2D eigenvalue weighted by molar-refractivity contribution is 5.71. The first kappa shape index (κ1) is 16.7.